The van der Waals surface area contributed by atoms with Gasteiger partial charge in [0.05, 0.1) is 11.4 Å². The number of primary amides is 1. The fourth-order valence-corrected chi connectivity index (χ4v) is 4.09. The quantitative estimate of drug-likeness (QED) is 0.440. The number of nitrogens with two attached hydrogens (primary N) is 1. The van der Waals surface area contributed by atoms with Crippen molar-refractivity contribution in [3.05, 3.63) is 58.4 Å². The predicted molar refractivity (Wildman–Crippen MR) is 116 cm³/mol. The summed E-state index contributed by atoms with van der Waals surface area (Å²) in [6.07, 6.45) is -0.656. The molecule has 2 aromatic heterocycles. The zero-order chi connectivity index (χ0) is 21.5. The second-order valence-electron chi connectivity index (χ2n) is 7.07. The lowest BCUT2D eigenvalue weighted by Crippen LogP contribution is -2.10. The van der Waals surface area contributed by atoms with Crippen molar-refractivity contribution in [2.75, 3.05) is 6.79 Å². The molecule has 0 aliphatic carbocycles. The van der Waals surface area contributed by atoms with Crippen LogP contribution in [0.1, 0.15) is 28.4 Å². The van der Waals surface area contributed by atoms with Crippen LogP contribution in [0.2, 0.25) is 0 Å². The van der Waals surface area contributed by atoms with Gasteiger partial charge in [0.2, 0.25) is 12.7 Å². The number of carbonyl (C=O) groups excluding carboxylic acids is 1. The average molecular weight is 434 g/mol. The van der Waals surface area contributed by atoms with Crippen LogP contribution in [0, 0.1) is 0 Å². The van der Waals surface area contributed by atoms with E-state index in [0.29, 0.717) is 39.3 Å². The molecule has 4 aromatic rings. The highest BCUT2D eigenvalue weighted by molar-refractivity contribution is 7.10. The number of aliphatic hydroxyl groups excluding tert-OH is 1. The third-order valence-corrected chi connectivity index (χ3v) is 5.94. The van der Waals surface area contributed by atoms with Crippen LogP contribution in [0.4, 0.5) is 0 Å². The molecular formula is C22H18N4O4S. The minimum absolute atomic E-state index is 0.188. The number of hydrogen-bond acceptors (Lipinski definition) is 7. The number of nitrogens with zero attached hydrogens (tertiary/aromatic N) is 2. The second kappa shape index (κ2) is 7.53. The maximum atomic E-state index is 11.4. The molecule has 0 fully saturated rings. The van der Waals surface area contributed by atoms with E-state index in [1.807, 2.05) is 23.6 Å². The van der Waals surface area contributed by atoms with Crippen LogP contribution >= 0.6 is 11.3 Å². The van der Waals surface area contributed by atoms with E-state index in [2.05, 4.69) is 9.97 Å². The first kappa shape index (κ1) is 19.3. The van der Waals surface area contributed by atoms with Crippen LogP contribution in [0.3, 0.4) is 0 Å². The Bertz CT molecular complexity index is 1280. The van der Waals surface area contributed by atoms with Gasteiger partial charge >= 0.3 is 0 Å². The lowest BCUT2D eigenvalue weighted by molar-refractivity contribution is 0.1000. The lowest BCUT2D eigenvalue weighted by atomic mass is 10.1. The number of benzene rings is 2. The van der Waals surface area contributed by atoms with E-state index in [-0.39, 0.29) is 6.79 Å². The first-order chi connectivity index (χ1) is 15.0. The van der Waals surface area contributed by atoms with Gasteiger partial charge in [0.1, 0.15) is 22.6 Å². The Labute approximate surface area is 181 Å². The van der Waals surface area contributed by atoms with Crippen LogP contribution in [-0.2, 0) is 0 Å². The maximum Gasteiger partial charge on any atom is 0.248 e. The SMILES string of the molecule is CC(O)c1nc(-c2[nH]c(-c3ccc(C(N)=O)cc3)nc2-c2ccc3c(c2)OCO3)cs1. The van der Waals surface area contributed by atoms with Crippen molar-refractivity contribution in [2.45, 2.75) is 13.0 Å². The number of aliphatic hydroxyl groups is 1. The molecule has 8 nitrogen and oxygen atoms in total. The molecule has 3 heterocycles. The summed E-state index contributed by atoms with van der Waals surface area (Å²) in [5.41, 5.74) is 9.49. The van der Waals surface area contributed by atoms with Gasteiger partial charge in [0.15, 0.2) is 11.5 Å². The van der Waals surface area contributed by atoms with Gasteiger partial charge in [0, 0.05) is 22.1 Å². The third-order valence-electron chi connectivity index (χ3n) is 4.93. The minimum Gasteiger partial charge on any atom is -0.454 e. The lowest BCUT2D eigenvalue weighted by Gasteiger charge is -2.03. The molecule has 1 unspecified atom stereocenters. The molecule has 0 saturated carbocycles. The third kappa shape index (κ3) is 3.54. The highest BCUT2D eigenvalue weighted by Crippen LogP contribution is 2.39. The summed E-state index contributed by atoms with van der Waals surface area (Å²) in [6, 6.07) is 12.5. The summed E-state index contributed by atoms with van der Waals surface area (Å²) in [4.78, 5) is 24.1. The topological polar surface area (TPSA) is 123 Å². The molecule has 1 aliphatic rings. The number of imidazole rings is 1. The van der Waals surface area contributed by atoms with Crippen LogP contribution in [0.15, 0.2) is 47.8 Å². The highest BCUT2D eigenvalue weighted by Gasteiger charge is 2.21. The maximum absolute atomic E-state index is 11.4. The largest absolute Gasteiger partial charge is 0.454 e. The predicted octanol–water partition coefficient (Wildman–Crippen LogP) is 3.75. The minimum atomic E-state index is -0.656. The number of fused-ring (bicyclic) bond motifs is 1. The van der Waals surface area contributed by atoms with Gasteiger partial charge in [-0.3, -0.25) is 4.79 Å². The van der Waals surface area contributed by atoms with E-state index in [9.17, 15) is 9.90 Å². The molecule has 0 spiro atoms. The normalized spacial score (nSPS) is 13.4. The second-order valence-corrected chi connectivity index (χ2v) is 7.96. The number of aromatic amines is 1. The van der Waals surface area contributed by atoms with E-state index in [4.69, 9.17) is 20.2 Å². The highest BCUT2D eigenvalue weighted by atomic mass is 32.1. The smallest absolute Gasteiger partial charge is 0.248 e. The molecule has 0 saturated heterocycles. The van der Waals surface area contributed by atoms with Crippen LogP contribution in [0.5, 0.6) is 11.5 Å². The van der Waals surface area contributed by atoms with Crippen molar-refractivity contribution in [1.82, 2.24) is 15.0 Å². The van der Waals surface area contributed by atoms with Crippen LogP contribution in [0.25, 0.3) is 34.0 Å². The Hall–Kier alpha value is -3.69. The Balaban J connectivity index is 1.63. The fourth-order valence-electron chi connectivity index (χ4n) is 3.33. The fraction of sp³-hybridized carbons (Fsp3) is 0.136. The zero-order valence-corrected chi connectivity index (χ0v) is 17.3. The molecule has 156 valence electrons. The van der Waals surface area contributed by atoms with E-state index < -0.39 is 12.0 Å². The van der Waals surface area contributed by atoms with Crippen LogP contribution < -0.4 is 15.2 Å². The van der Waals surface area contributed by atoms with Crippen molar-refractivity contribution in [2.24, 2.45) is 5.73 Å². The van der Waals surface area contributed by atoms with Crippen molar-refractivity contribution in [1.29, 1.82) is 0 Å². The zero-order valence-electron chi connectivity index (χ0n) is 16.5. The number of nitrogens with one attached hydrogen (secondary N) is 1. The summed E-state index contributed by atoms with van der Waals surface area (Å²) >= 11 is 1.38. The van der Waals surface area contributed by atoms with E-state index in [1.165, 1.54) is 11.3 Å². The standard InChI is InChI=1S/C22H18N4O4S/c1-11(27)22-24-15(9-31-22)19-18(14-6-7-16-17(8-14)30-10-29-16)25-21(26-19)13-4-2-12(3-5-13)20(23)28/h2-9,11,27H,10H2,1H3,(H2,23,28)(H,25,26). The van der Waals surface area contributed by atoms with Gasteiger partial charge in [-0.1, -0.05) is 12.1 Å². The first-order valence-electron chi connectivity index (χ1n) is 9.53. The molecule has 0 radical (unpaired) electrons. The Kier molecular flexibility index (Phi) is 4.68. The molecule has 4 N–H and O–H groups in total. The van der Waals surface area contributed by atoms with Crippen LogP contribution in [-0.4, -0.2) is 32.8 Å². The number of aromatic nitrogens is 3. The number of rotatable bonds is 5. The summed E-state index contributed by atoms with van der Waals surface area (Å²) in [5, 5.41) is 12.4. The number of ether oxygens (including phenoxy) is 2. The summed E-state index contributed by atoms with van der Waals surface area (Å²) in [6.45, 7) is 1.87. The van der Waals surface area contributed by atoms with Crippen molar-refractivity contribution in [3.63, 3.8) is 0 Å². The molecule has 9 heteroatoms. The van der Waals surface area contributed by atoms with Gasteiger partial charge in [0.25, 0.3) is 0 Å². The Morgan fingerprint density at radius 2 is 1.87 bits per heavy atom. The van der Waals surface area contributed by atoms with Gasteiger partial charge in [-0.2, -0.15) is 0 Å². The number of thiazole rings is 1. The number of hydrogen-bond donors (Lipinski definition) is 3. The molecule has 31 heavy (non-hydrogen) atoms. The summed E-state index contributed by atoms with van der Waals surface area (Å²) in [7, 11) is 0. The molecule has 1 amide bonds. The Morgan fingerprint density at radius 3 is 2.58 bits per heavy atom. The number of H-pyrrole nitrogens is 1. The Morgan fingerprint density at radius 1 is 1.13 bits per heavy atom. The van der Waals surface area contributed by atoms with Gasteiger partial charge < -0.3 is 25.3 Å². The monoisotopic (exact) mass is 434 g/mol. The summed E-state index contributed by atoms with van der Waals surface area (Å²) in [5.74, 6) is 1.47. The van der Waals surface area contributed by atoms with E-state index in [1.54, 1.807) is 31.2 Å². The molecule has 1 aliphatic heterocycles. The summed E-state index contributed by atoms with van der Waals surface area (Å²) < 4.78 is 10.9. The van der Waals surface area contributed by atoms with Crippen molar-refractivity contribution >= 4 is 17.2 Å². The van der Waals surface area contributed by atoms with E-state index in [0.717, 1.165) is 16.8 Å². The molecule has 5 rings (SSSR count). The van der Waals surface area contributed by atoms with Crippen molar-refractivity contribution in [3.8, 4) is 45.5 Å². The molecule has 2 aromatic carbocycles. The van der Waals surface area contributed by atoms with Crippen molar-refractivity contribution < 1.29 is 19.4 Å². The van der Waals surface area contributed by atoms with Gasteiger partial charge in [-0.25, -0.2) is 9.97 Å². The van der Waals surface area contributed by atoms with E-state index >= 15 is 0 Å². The number of carbonyl (C=O) groups is 1. The molecular weight excluding hydrogens is 416 g/mol. The molecule has 0 bridgehead atoms. The van der Waals surface area contributed by atoms with Gasteiger partial charge in [-0.15, -0.1) is 11.3 Å². The average Bonchev–Trinajstić information content (AvgIpc) is 3.51. The number of amides is 1. The first-order valence-corrected chi connectivity index (χ1v) is 10.4. The molecule has 1 atom stereocenters. The van der Waals surface area contributed by atoms with Gasteiger partial charge in [-0.05, 0) is 37.3 Å².